The summed E-state index contributed by atoms with van der Waals surface area (Å²) in [6.45, 7) is 4.41. The molecule has 0 N–H and O–H groups in total. The van der Waals surface area contributed by atoms with E-state index in [1.54, 1.807) is 6.07 Å². The van der Waals surface area contributed by atoms with E-state index in [4.69, 9.17) is 4.74 Å². The van der Waals surface area contributed by atoms with Crippen molar-refractivity contribution in [3.05, 3.63) is 63.4 Å². The molecule has 2 aromatic rings. The molecule has 2 rings (SSSR count). The minimum atomic E-state index is -0.237. The maximum Gasteiger partial charge on any atom is 0.123 e. The first-order chi connectivity index (χ1) is 8.56. The van der Waals surface area contributed by atoms with E-state index >= 15 is 0 Å². The van der Waals surface area contributed by atoms with E-state index in [0.717, 1.165) is 26.9 Å². The first-order valence-corrected chi connectivity index (χ1v) is 6.49. The lowest BCUT2D eigenvalue weighted by molar-refractivity contribution is 0.305. The molecule has 0 fully saturated rings. The summed E-state index contributed by atoms with van der Waals surface area (Å²) in [7, 11) is 0. The molecule has 18 heavy (non-hydrogen) atoms. The van der Waals surface area contributed by atoms with Crippen molar-refractivity contribution in [2.24, 2.45) is 0 Å². The topological polar surface area (TPSA) is 9.23 Å². The number of halogens is 2. The lowest BCUT2D eigenvalue weighted by Gasteiger charge is -2.10. The van der Waals surface area contributed by atoms with E-state index < -0.39 is 0 Å². The first kappa shape index (κ1) is 13.1. The van der Waals surface area contributed by atoms with Crippen LogP contribution in [0.4, 0.5) is 4.39 Å². The monoisotopic (exact) mass is 308 g/mol. The molecule has 0 heterocycles. The van der Waals surface area contributed by atoms with Gasteiger partial charge in [0.1, 0.15) is 18.2 Å². The van der Waals surface area contributed by atoms with E-state index in [0.29, 0.717) is 6.61 Å². The van der Waals surface area contributed by atoms with Crippen LogP contribution in [-0.4, -0.2) is 0 Å². The van der Waals surface area contributed by atoms with Crippen LogP contribution in [0, 0.1) is 19.7 Å². The highest BCUT2D eigenvalue weighted by atomic mass is 79.9. The van der Waals surface area contributed by atoms with Crippen molar-refractivity contribution >= 4 is 15.9 Å². The fourth-order valence-corrected chi connectivity index (χ4v) is 2.01. The minimum absolute atomic E-state index is 0.237. The van der Waals surface area contributed by atoms with Crippen molar-refractivity contribution in [1.29, 1.82) is 0 Å². The van der Waals surface area contributed by atoms with Gasteiger partial charge in [-0.1, -0.05) is 28.1 Å². The number of hydrogen-bond donors (Lipinski definition) is 0. The highest BCUT2D eigenvalue weighted by molar-refractivity contribution is 9.10. The summed E-state index contributed by atoms with van der Waals surface area (Å²) in [5, 5.41) is 0. The van der Waals surface area contributed by atoms with E-state index in [-0.39, 0.29) is 5.82 Å². The molecule has 3 heteroatoms. The third-order valence-electron chi connectivity index (χ3n) is 2.70. The predicted molar refractivity (Wildman–Crippen MR) is 74.3 cm³/mol. The SMILES string of the molecule is Cc1cc(OCc2cccc(F)c2)cc(C)c1Br. The van der Waals surface area contributed by atoms with Crippen molar-refractivity contribution in [2.75, 3.05) is 0 Å². The second kappa shape index (κ2) is 5.53. The van der Waals surface area contributed by atoms with Crippen LogP contribution < -0.4 is 4.74 Å². The van der Waals surface area contributed by atoms with E-state index in [1.807, 2.05) is 32.0 Å². The standard InChI is InChI=1S/C15H14BrFO/c1-10-6-14(7-11(2)15(10)16)18-9-12-4-3-5-13(17)8-12/h3-8H,9H2,1-2H3. The summed E-state index contributed by atoms with van der Waals surface area (Å²) in [6.07, 6.45) is 0. The Hall–Kier alpha value is -1.35. The Morgan fingerprint density at radius 1 is 1.11 bits per heavy atom. The van der Waals surface area contributed by atoms with Crippen LogP contribution in [0.25, 0.3) is 0 Å². The van der Waals surface area contributed by atoms with Crippen molar-refractivity contribution in [3.63, 3.8) is 0 Å². The van der Waals surface area contributed by atoms with Crippen molar-refractivity contribution in [1.82, 2.24) is 0 Å². The molecule has 0 radical (unpaired) electrons. The highest BCUT2D eigenvalue weighted by Crippen LogP contribution is 2.26. The van der Waals surface area contributed by atoms with Crippen LogP contribution in [0.2, 0.25) is 0 Å². The quantitative estimate of drug-likeness (QED) is 0.792. The van der Waals surface area contributed by atoms with Gasteiger partial charge in [-0.05, 0) is 54.8 Å². The number of hydrogen-bond acceptors (Lipinski definition) is 1. The van der Waals surface area contributed by atoms with Crippen LogP contribution in [0.3, 0.4) is 0 Å². The highest BCUT2D eigenvalue weighted by Gasteiger charge is 2.03. The molecule has 0 saturated carbocycles. The molecule has 94 valence electrons. The molecular weight excluding hydrogens is 295 g/mol. The van der Waals surface area contributed by atoms with Crippen LogP contribution in [-0.2, 0) is 6.61 Å². The summed E-state index contributed by atoms with van der Waals surface area (Å²) < 4.78 is 19.8. The second-order valence-electron chi connectivity index (χ2n) is 4.29. The van der Waals surface area contributed by atoms with Crippen LogP contribution in [0.1, 0.15) is 16.7 Å². The molecule has 0 bridgehead atoms. The second-order valence-corrected chi connectivity index (χ2v) is 5.08. The summed E-state index contributed by atoms with van der Waals surface area (Å²) in [4.78, 5) is 0. The van der Waals surface area contributed by atoms with Gasteiger partial charge in [0.25, 0.3) is 0 Å². The van der Waals surface area contributed by atoms with Crippen LogP contribution in [0.15, 0.2) is 40.9 Å². The summed E-state index contributed by atoms with van der Waals surface area (Å²) >= 11 is 3.51. The van der Waals surface area contributed by atoms with E-state index in [1.165, 1.54) is 12.1 Å². The third-order valence-corrected chi connectivity index (χ3v) is 3.96. The number of ether oxygens (including phenoxy) is 1. The smallest absolute Gasteiger partial charge is 0.123 e. The normalized spacial score (nSPS) is 10.4. The maximum atomic E-state index is 13.0. The zero-order valence-electron chi connectivity index (χ0n) is 10.3. The lowest BCUT2D eigenvalue weighted by atomic mass is 10.1. The molecule has 2 aromatic carbocycles. The Labute approximate surface area is 115 Å². The Morgan fingerprint density at radius 3 is 2.39 bits per heavy atom. The van der Waals surface area contributed by atoms with Gasteiger partial charge in [-0.15, -0.1) is 0 Å². The number of benzene rings is 2. The molecule has 0 aromatic heterocycles. The van der Waals surface area contributed by atoms with Crippen molar-refractivity contribution < 1.29 is 9.13 Å². The molecule has 0 atom stereocenters. The average Bonchev–Trinajstić information content (AvgIpc) is 2.33. The third kappa shape index (κ3) is 3.10. The minimum Gasteiger partial charge on any atom is -0.489 e. The molecule has 0 unspecified atom stereocenters. The van der Waals surface area contributed by atoms with E-state index in [9.17, 15) is 4.39 Å². The average molecular weight is 309 g/mol. The van der Waals surface area contributed by atoms with Gasteiger partial charge in [0, 0.05) is 4.47 Å². The molecular formula is C15H14BrFO. The lowest BCUT2D eigenvalue weighted by Crippen LogP contribution is -1.97. The number of aryl methyl sites for hydroxylation is 2. The molecule has 0 aliphatic heterocycles. The van der Waals surface area contributed by atoms with Crippen LogP contribution in [0.5, 0.6) is 5.75 Å². The Morgan fingerprint density at radius 2 is 1.78 bits per heavy atom. The largest absolute Gasteiger partial charge is 0.489 e. The fourth-order valence-electron chi connectivity index (χ4n) is 1.78. The summed E-state index contributed by atoms with van der Waals surface area (Å²) in [5.74, 6) is 0.566. The van der Waals surface area contributed by atoms with Crippen molar-refractivity contribution in [2.45, 2.75) is 20.5 Å². The molecule has 0 aliphatic rings. The van der Waals surface area contributed by atoms with Gasteiger partial charge in [0.15, 0.2) is 0 Å². The van der Waals surface area contributed by atoms with Gasteiger partial charge in [-0.2, -0.15) is 0 Å². The molecule has 0 saturated heterocycles. The fraction of sp³-hybridized carbons (Fsp3) is 0.200. The summed E-state index contributed by atoms with van der Waals surface area (Å²) in [5.41, 5.74) is 3.08. The Balaban J connectivity index is 2.11. The van der Waals surface area contributed by atoms with Gasteiger partial charge in [0.05, 0.1) is 0 Å². The Bertz CT molecular complexity index is 543. The zero-order chi connectivity index (χ0) is 13.1. The van der Waals surface area contributed by atoms with E-state index in [2.05, 4.69) is 15.9 Å². The zero-order valence-corrected chi connectivity index (χ0v) is 11.9. The van der Waals surface area contributed by atoms with Gasteiger partial charge in [-0.3, -0.25) is 0 Å². The first-order valence-electron chi connectivity index (χ1n) is 5.70. The number of rotatable bonds is 3. The maximum absolute atomic E-state index is 13.0. The molecule has 0 aliphatic carbocycles. The van der Waals surface area contributed by atoms with Gasteiger partial charge in [-0.25, -0.2) is 4.39 Å². The van der Waals surface area contributed by atoms with Crippen LogP contribution >= 0.6 is 15.9 Å². The van der Waals surface area contributed by atoms with Crippen molar-refractivity contribution in [3.8, 4) is 5.75 Å². The summed E-state index contributed by atoms with van der Waals surface area (Å²) in [6, 6.07) is 10.4. The van der Waals surface area contributed by atoms with Gasteiger partial charge < -0.3 is 4.74 Å². The van der Waals surface area contributed by atoms with Gasteiger partial charge >= 0.3 is 0 Å². The van der Waals surface area contributed by atoms with Gasteiger partial charge in [0.2, 0.25) is 0 Å². The predicted octanol–water partition coefficient (Wildman–Crippen LogP) is 4.78. The Kier molecular flexibility index (Phi) is 4.02. The molecule has 0 spiro atoms. The molecule has 1 nitrogen and oxygen atoms in total. The molecule has 0 amide bonds.